The van der Waals surface area contributed by atoms with E-state index in [0.29, 0.717) is 41.0 Å². The van der Waals surface area contributed by atoms with Crippen molar-refractivity contribution in [1.29, 1.82) is 0 Å². The van der Waals surface area contributed by atoms with E-state index < -0.39 is 0 Å². The molecule has 0 spiro atoms. The van der Waals surface area contributed by atoms with E-state index in [0.717, 1.165) is 16.7 Å². The van der Waals surface area contributed by atoms with Gasteiger partial charge in [-0.05, 0) is 29.8 Å². The van der Waals surface area contributed by atoms with Gasteiger partial charge in [-0.3, -0.25) is 4.79 Å². The van der Waals surface area contributed by atoms with Crippen molar-refractivity contribution in [2.24, 2.45) is 5.16 Å². The van der Waals surface area contributed by atoms with Crippen molar-refractivity contribution in [3.05, 3.63) is 64.0 Å². The number of nitrogens with zero attached hydrogens (tertiary/aromatic N) is 2. The summed E-state index contributed by atoms with van der Waals surface area (Å²) in [6.45, 7) is 0.324. The highest BCUT2D eigenvalue weighted by molar-refractivity contribution is 6.42. The molecule has 1 aliphatic heterocycles. The average molecular weight is 404 g/mol. The minimum atomic E-state index is -0.277. The van der Waals surface area contributed by atoms with E-state index in [4.69, 9.17) is 32.5 Å². The standard InChI is InChI=1S/C19H15Cl2N3O3/c20-13-6-5-11(7-14(13)21)10-22-19(25)16-8-12(27-24-16)9-18-23-15-3-1-2-4-17(15)26-18/h1-7,12H,8-10H2,(H,22,25). The number of benzene rings is 2. The van der Waals surface area contributed by atoms with Gasteiger partial charge in [-0.2, -0.15) is 0 Å². The van der Waals surface area contributed by atoms with Crippen LogP contribution in [-0.4, -0.2) is 22.7 Å². The molecular formula is C19H15Cl2N3O3. The number of oxime groups is 1. The Kier molecular flexibility index (Phi) is 5.01. The zero-order chi connectivity index (χ0) is 18.8. The molecule has 4 rings (SSSR count). The minimum absolute atomic E-state index is 0.274. The largest absolute Gasteiger partial charge is 0.441 e. The van der Waals surface area contributed by atoms with Gasteiger partial charge in [0.1, 0.15) is 17.3 Å². The fourth-order valence-electron chi connectivity index (χ4n) is 2.81. The first-order valence-electron chi connectivity index (χ1n) is 8.38. The molecular weight excluding hydrogens is 389 g/mol. The molecule has 0 aliphatic carbocycles. The number of hydrogen-bond donors (Lipinski definition) is 1. The van der Waals surface area contributed by atoms with Gasteiger partial charge in [-0.25, -0.2) is 4.98 Å². The molecule has 3 aromatic rings. The fraction of sp³-hybridized carbons (Fsp3) is 0.211. The Morgan fingerprint density at radius 2 is 2.04 bits per heavy atom. The van der Waals surface area contributed by atoms with Crippen molar-refractivity contribution in [1.82, 2.24) is 10.3 Å². The van der Waals surface area contributed by atoms with E-state index in [1.165, 1.54) is 0 Å². The summed E-state index contributed by atoms with van der Waals surface area (Å²) >= 11 is 11.9. The number of nitrogens with one attached hydrogen (secondary N) is 1. The number of hydrogen-bond acceptors (Lipinski definition) is 5. The Morgan fingerprint density at radius 3 is 2.85 bits per heavy atom. The van der Waals surface area contributed by atoms with Gasteiger partial charge < -0.3 is 14.6 Å². The number of halogens is 2. The lowest BCUT2D eigenvalue weighted by Gasteiger charge is -2.06. The number of amides is 1. The Labute approximate surface area is 165 Å². The van der Waals surface area contributed by atoms with Crippen LogP contribution in [0.15, 0.2) is 52.0 Å². The lowest BCUT2D eigenvalue weighted by Crippen LogP contribution is -2.30. The Bertz CT molecular complexity index is 999. The Morgan fingerprint density at radius 1 is 1.19 bits per heavy atom. The number of para-hydroxylation sites is 2. The molecule has 1 unspecified atom stereocenters. The van der Waals surface area contributed by atoms with Crippen molar-refractivity contribution < 1.29 is 14.0 Å². The van der Waals surface area contributed by atoms with Crippen LogP contribution in [-0.2, 0) is 22.6 Å². The molecule has 0 fully saturated rings. The van der Waals surface area contributed by atoms with E-state index in [-0.39, 0.29) is 12.0 Å². The molecule has 0 bridgehead atoms. The summed E-state index contributed by atoms with van der Waals surface area (Å²) in [4.78, 5) is 22.1. The van der Waals surface area contributed by atoms with Crippen molar-refractivity contribution in [3.8, 4) is 0 Å². The summed E-state index contributed by atoms with van der Waals surface area (Å²) in [6, 6.07) is 12.8. The molecule has 138 valence electrons. The number of carbonyl (C=O) groups excluding carboxylic acids is 1. The molecule has 1 aromatic heterocycles. The van der Waals surface area contributed by atoms with Crippen LogP contribution in [0.2, 0.25) is 10.0 Å². The van der Waals surface area contributed by atoms with Crippen LogP contribution in [0.1, 0.15) is 17.9 Å². The summed E-state index contributed by atoms with van der Waals surface area (Å²) in [7, 11) is 0. The number of fused-ring (bicyclic) bond motifs is 1. The average Bonchev–Trinajstić information content (AvgIpc) is 3.29. The van der Waals surface area contributed by atoms with Gasteiger partial charge in [-0.1, -0.05) is 46.6 Å². The SMILES string of the molecule is O=C(NCc1ccc(Cl)c(Cl)c1)C1=NOC(Cc2nc3ccccc3o2)C1. The summed E-state index contributed by atoms with van der Waals surface area (Å²) < 4.78 is 5.69. The summed E-state index contributed by atoms with van der Waals surface area (Å²) in [5.74, 6) is 0.287. The van der Waals surface area contributed by atoms with Gasteiger partial charge >= 0.3 is 0 Å². The smallest absolute Gasteiger partial charge is 0.269 e. The zero-order valence-electron chi connectivity index (χ0n) is 14.1. The zero-order valence-corrected chi connectivity index (χ0v) is 15.6. The van der Waals surface area contributed by atoms with Gasteiger partial charge in [-0.15, -0.1) is 0 Å². The first-order chi connectivity index (χ1) is 13.1. The van der Waals surface area contributed by atoms with E-state index in [1.54, 1.807) is 18.2 Å². The van der Waals surface area contributed by atoms with Crippen LogP contribution in [0.5, 0.6) is 0 Å². The molecule has 8 heteroatoms. The minimum Gasteiger partial charge on any atom is -0.441 e. The highest BCUT2D eigenvalue weighted by atomic mass is 35.5. The van der Waals surface area contributed by atoms with Crippen LogP contribution in [0.4, 0.5) is 0 Å². The summed E-state index contributed by atoms with van der Waals surface area (Å²) in [5.41, 5.74) is 2.72. The van der Waals surface area contributed by atoms with Crippen molar-refractivity contribution in [2.75, 3.05) is 0 Å². The van der Waals surface area contributed by atoms with Crippen LogP contribution in [0.3, 0.4) is 0 Å². The Hall–Kier alpha value is -2.57. The predicted molar refractivity (Wildman–Crippen MR) is 103 cm³/mol. The lowest BCUT2D eigenvalue weighted by molar-refractivity contribution is -0.115. The summed E-state index contributed by atoms with van der Waals surface area (Å²) in [6.07, 6.45) is 0.567. The maximum Gasteiger partial charge on any atom is 0.269 e. The maximum absolute atomic E-state index is 12.3. The molecule has 6 nitrogen and oxygen atoms in total. The monoisotopic (exact) mass is 403 g/mol. The molecule has 1 atom stereocenters. The highest BCUT2D eigenvalue weighted by Gasteiger charge is 2.27. The van der Waals surface area contributed by atoms with Crippen molar-refractivity contribution in [3.63, 3.8) is 0 Å². The van der Waals surface area contributed by atoms with Gasteiger partial charge in [0.2, 0.25) is 0 Å². The van der Waals surface area contributed by atoms with E-state index in [2.05, 4.69) is 15.5 Å². The number of rotatable bonds is 5. The van der Waals surface area contributed by atoms with Crippen LogP contribution >= 0.6 is 23.2 Å². The first kappa shape index (κ1) is 17.8. The molecule has 1 aliphatic rings. The Balaban J connectivity index is 1.31. The van der Waals surface area contributed by atoms with Gasteiger partial charge in [0, 0.05) is 13.0 Å². The van der Waals surface area contributed by atoms with Crippen molar-refractivity contribution in [2.45, 2.75) is 25.5 Å². The molecule has 27 heavy (non-hydrogen) atoms. The number of oxazole rings is 1. The molecule has 2 heterocycles. The third-order valence-electron chi connectivity index (χ3n) is 4.17. The molecule has 0 radical (unpaired) electrons. The van der Waals surface area contributed by atoms with E-state index >= 15 is 0 Å². The van der Waals surface area contributed by atoms with Gasteiger partial charge in [0.05, 0.1) is 16.5 Å². The van der Waals surface area contributed by atoms with E-state index in [1.807, 2.05) is 24.3 Å². The molecule has 1 N–H and O–H groups in total. The third-order valence-corrected chi connectivity index (χ3v) is 4.91. The number of carbonyl (C=O) groups is 1. The first-order valence-corrected chi connectivity index (χ1v) is 9.13. The fourth-order valence-corrected chi connectivity index (χ4v) is 3.13. The molecule has 2 aromatic carbocycles. The molecule has 1 amide bonds. The molecule has 0 saturated carbocycles. The topological polar surface area (TPSA) is 76.7 Å². The maximum atomic E-state index is 12.3. The predicted octanol–water partition coefficient (Wildman–Crippen LogP) is 4.14. The third kappa shape index (κ3) is 4.07. The normalized spacial score (nSPS) is 16.2. The van der Waals surface area contributed by atoms with Crippen LogP contribution in [0.25, 0.3) is 11.1 Å². The number of aromatic nitrogens is 1. The highest BCUT2D eigenvalue weighted by Crippen LogP contribution is 2.23. The lowest BCUT2D eigenvalue weighted by atomic mass is 10.1. The van der Waals surface area contributed by atoms with E-state index in [9.17, 15) is 4.79 Å². The second-order valence-corrected chi connectivity index (χ2v) is 6.99. The summed E-state index contributed by atoms with van der Waals surface area (Å²) in [5, 5.41) is 7.62. The second-order valence-electron chi connectivity index (χ2n) is 6.18. The van der Waals surface area contributed by atoms with Gasteiger partial charge in [0.15, 0.2) is 11.5 Å². The molecule has 0 saturated heterocycles. The van der Waals surface area contributed by atoms with Gasteiger partial charge in [0.25, 0.3) is 5.91 Å². The van der Waals surface area contributed by atoms with Crippen molar-refractivity contribution >= 4 is 45.9 Å². The second kappa shape index (κ2) is 7.58. The van der Waals surface area contributed by atoms with Crippen LogP contribution < -0.4 is 5.32 Å². The quantitative estimate of drug-likeness (QED) is 0.694. The van der Waals surface area contributed by atoms with Crippen LogP contribution in [0, 0.1) is 0 Å².